The lowest BCUT2D eigenvalue weighted by atomic mass is 10.0. The van der Waals surface area contributed by atoms with Crippen molar-refractivity contribution in [2.24, 2.45) is 0 Å². The van der Waals surface area contributed by atoms with Crippen LogP contribution in [0.4, 0.5) is 4.39 Å². The molecule has 1 saturated heterocycles. The van der Waals surface area contributed by atoms with Crippen LogP contribution in [0.2, 0.25) is 0 Å². The van der Waals surface area contributed by atoms with E-state index in [-0.39, 0.29) is 37.1 Å². The van der Waals surface area contributed by atoms with E-state index in [1.54, 1.807) is 0 Å². The van der Waals surface area contributed by atoms with Crippen molar-refractivity contribution in [2.45, 2.75) is 32.7 Å². The number of likely N-dealkylation sites (N-methyl/N-ethyl adjacent to an activating group) is 1. The summed E-state index contributed by atoms with van der Waals surface area (Å²) in [6.07, 6.45) is -0.0427. The molecular formula is C21H26FN3O7. The summed E-state index contributed by atoms with van der Waals surface area (Å²) in [7, 11) is 0. The van der Waals surface area contributed by atoms with Crippen molar-refractivity contribution in [3.8, 4) is 0 Å². The van der Waals surface area contributed by atoms with E-state index in [0.29, 0.717) is 4.90 Å². The van der Waals surface area contributed by atoms with Crippen LogP contribution in [0.3, 0.4) is 0 Å². The number of aliphatic hydroxyl groups excluding tert-OH is 1. The van der Waals surface area contributed by atoms with Gasteiger partial charge in [-0.3, -0.25) is 38.7 Å². The predicted molar refractivity (Wildman–Crippen MR) is 109 cm³/mol. The summed E-state index contributed by atoms with van der Waals surface area (Å²) in [6.45, 7) is 5.06. The van der Waals surface area contributed by atoms with Crippen molar-refractivity contribution in [1.29, 1.82) is 0 Å². The average Bonchev–Trinajstić information content (AvgIpc) is 3.01. The van der Waals surface area contributed by atoms with E-state index in [2.05, 4.69) is 0 Å². The number of β-amino-alcohol motifs (C(OH)–C–C–N with tert-alkyl or cyclic N) is 1. The maximum atomic E-state index is 13.8. The van der Waals surface area contributed by atoms with Crippen molar-refractivity contribution in [3.05, 3.63) is 35.1 Å². The summed E-state index contributed by atoms with van der Waals surface area (Å²) in [5, 5.41) is 17.2. The molecular weight excluding hydrogens is 425 g/mol. The van der Waals surface area contributed by atoms with Crippen LogP contribution in [0.5, 0.6) is 0 Å². The van der Waals surface area contributed by atoms with Crippen molar-refractivity contribution in [3.63, 3.8) is 0 Å². The summed E-state index contributed by atoms with van der Waals surface area (Å²) in [5.41, 5.74) is -0.440. The first-order valence-electron chi connectivity index (χ1n) is 10.2. The minimum absolute atomic E-state index is 0.00726. The molecule has 0 saturated carbocycles. The molecule has 32 heavy (non-hydrogen) atoms. The second-order valence-corrected chi connectivity index (χ2v) is 7.16. The fourth-order valence-corrected chi connectivity index (χ4v) is 3.58. The second kappa shape index (κ2) is 10.9. The van der Waals surface area contributed by atoms with Crippen LogP contribution in [0.25, 0.3) is 0 Å². The largest absolute Gasteiger partial charge is 0.480 e. The molecule has 1 aromatic carbocycles. The summed E-state index contributed by atoms with van der Waals surface area (Å²) < 4.78 is 13.8. The number of fused-ring (bicyclic) bond motifs is 1. The van der Waals surface area contributed by atoms with E-state index in [1.165, 1.54) is 12.1 Å². The third-order valence-electron chi connectivity index (χ3n) is 5.27. The van der Waals surface area contributed by atoms with E-state index in [0.717, 1.165) is 24.1 Å². The number of rotatable bonds is 7. The number of aliphatic hydroxyl groups is 1. The lowest BCUT2D eigenvalue weighted by Crippen LogP contribution is -2.56. The van der Waals surface area contributed by atoms with Crippen LogP contribution in [0.1, 0.15) is 47.4 Å². The van der Waals surface area contributed by atoms with Crippen LogP contribution < -0.4 is 0 Å². The van der Waals surface area contributed by atoms with Gasteiger partial charge in [-0.15, -0.1) is 0 Å². The first-order valence-corrected chi connectivity index (χ1v) is 10.2. The number of likely N-dealkylation sites (tertiary alicyclic amines) is 1. The Hall–Kier alpha value is -3.18. The number of piperidine rings is 1. The number of hydrogen-bond donors (Lipinski definition) is 2. The average molecular weight is 451 g/mol. The first kappa shape index (κ1) is 25.1. The summed E-state index contributed by atoms with van der Waals surface area (Å²) in [4.78, 5) is 62.4. The van der Waals surface area contributed by atoms with Gasteiger partial charge in [0.2, 0.25) is 5.91 Å². The summed E-state index contributed by atoms with van der Waals surface area (Å²) in [5.74, 6) is -4.40. The van der Waals surface area contributed by atoms with Crippen LogP contribution >= 0.6 is 0 Å². The quantitative estimate of drug-likeness (QED) is 0.567. The molecule has 0 bridgehead atoms. The Morgan fingerprint density at radius 2 is 1.81 bits per heavy atom. The molecule has 11 heteroatoms. The fraction of sp³-hybridized carbons (Fsp3) is 0.476. The molecule has 2 aliphatic heterocycles. The Kier molecular flexibility index (Phi) is 8.56. The molecule has 4 amide bonds. The maximum absolute atomic E-state index is 13.8. The molecule has 1 fully saturated rings. The molecule has 1 aromatic rings. The van der Waals surface area contributed by atoms with Crippen LogP contribution in [0, 0.1) is 5.82 Å². The number of imide groups is 2. The molecule has 1 unspecified atom stereocenters. The Morgan fingerprint density at radius 1 is 1.16 bits per heavy atom. The number of halogens is 1. The van der Waals surface area contributed by atoms with Crippen molar-refractivity contribution in [1.82, 2.24) is 14.7 Å². The highest BCUT2D eigenvalue weighted by Gasteiger charge is 2.47. The minimum atomic E-state index is -1.16. The monoisotopic (exact) mass is 451 g/mol. The van der Waals surface area contributed by atoms with E-state index >= 15 is 0 Å². The smallest absolute Gasteiger partial charge is 0.317 e. The molecule has 10 nitrogen and oxygen atoms in total. The van der Waals surface area contributed by atoms with Gasteiger partial charge in [0.05, 0.1) is 30.8 Å². The van der Waals surface area contributed by atoms with Gasteiger partial charge in [-0.25, -0.2) is 4.39 Å². The normalized spacial score (nSPS) is 18.1. The van der Waals surface area contributed by atoms with Gasteiger partial charge in [0.25, 0.3) is 17.7 Å². The first-order chi connectivity index (χ1) is 15.2. The van der Waals surface area contributed by atoms with Crippen LogP contribution in [0.15, 0.2) is 18.2 Å². The number of nitrogens with zero attached hydrogens (tertiary/aromatic N) is 3. The molecule has 2 aliphatic rings. The van der Waals surface area contributed by atoms with E-state index in [4.69, 9.17) is 10.2 Å². The lowest BCUT2D eigenvalue weighted by molar-refractivity contribution is -0.152. The van der Waals surface area contributed by atoms with Gasteiger partial charge in [-0.2, -0.15) is 0 Å². The number of aliphatic carboxylic acids is 1. The second-order valence-electron chi connectivity index (χ2n) is 7.16. The Labute approximate surface area is 184 Å². The highest BCUT2D eigenvalue weighted by atomic mass is 19.1. The molecule has 1 atom stereocenters. The van der Waals surface area contributed by atoms with Gasteiger partial charge in [-0.05, 0) is 31.6 Å². The van der Waals surface area contributed by atoms with E-state index in [1.807, 2.05) is 18.7 Å². The number of benzene rings is 1. The number of carbonyl (C=O) groups excluding carboxylic acids is 4. The topological polar surface area (TPSA) is 136 Å². The number of carbonyl (C=O) groups is 5. The van der Waals surface area contributed by atoms with Crippen LogP contribution in [-0.2, 0) is 14.4 Å². The zero-order chi connectivity index (χ0) is 24.0. The highest BCUT2D eigenvalue weighted by Crippen LogP contribution is 2.30. The van der Waals surface area contributed by atoms with Gasteiger partial charge in [0, 0.05) is 6.42 Å². The number of amides is 4. The number of hydrogen-bond acceptors (Lipinski definition) is 7. The van der Waals surface area contributed by atoms with Gasteiger partial charge in [0.1, 0.15) is 11.9 Å². The SMILES string of the molecule is CCN(CC)CC(=O)O.O=C1CCC(N2C(=O)c3cccc(F)c3C2=O)C(=O)N1CCO. The summed E-state index contributed by atoms with van der Waals surface area (Å²) >= 11 is 0. The zero-order valence-corrected chi connectivity index (χ0v) is 17.9. The minimum Gasteiger partial charge on any atom is -0.480 e. The summed E-state index contributed by atoms with van der Waals surface area (Å²) in [6, 6.07) is 2.54. The molecule has 0 aliphatic carbocycles. The number of carboxylic acids is 1. The molecule has 2 heterocycles. The fourth-order valence-electron chi connectivity index (χ4n) is 3.58. The third-order valence-corrected chi connectivity index (χ3v) is 5.27. The highest BCUT2D eigenvalue weighted by molar-refractivity contribution is 6.23. The van der Waals surface area contributed by atoms with Crippen LogP contribution in [-0.4, -0.2) is 93.3 Å². The van der Waals surface area contributed by atoms with Gasteiger partial charge in [-0.1, -0.05) is 19.9 Å². The molecule has 0 aromatic heterocycles. The zero-order valence-electron chi connectivity index (χ0n) is 17.9. The molecule has 174 valence electrons. The molecule has 0 spiro atoms. The van der Waals surface area contributed by atoms with Crippen molar-refractivity contribution < 1.29 is 38.6 Å². The van der Waals surface area contributed by atoms with E-state index < -0.39 is 48.1 Å². The predicted octanol–water partition coefficient (Wildman–Crippen LogP) is 0.344. The maximum Gasteiger partial charge on any atom is 0.317 e. The van der Waals surface area contributed by atoms with Gasteiger partial charge in [0.15, 0.2) is 0 Å². The van der Waals surface area contributed by atoms with E-state index in [9.17, 15) is 28.4 Å². The Bertz CT molecular complexity index is 917. The van der Waals surface area contributed by atoms with Gasteiger partial charge < -0.3 is 10.2 Å². The third kappa shape index (κ3) is 5.17. The standard InChI is InChI=1S/C15H13FN2O5.C6H13NO2/c16-9-3-1-2-8-12(9)15(23)18(13(8)21)10-4-5-11(20)17(6-7-19)14(10)22;1-3-7(4-2)5-6(8)9/h1-3,10,19H,4-7H2;3-5H2,1-2H3,(H,8,9). The number of carboxylic acid groups (broad SMARTS) is 1. The van der Waals surface area contributed by atoms with Crippen molar-refractivity contribution >= 4 is 29.6 Å². The molecule has 2 N–H and O–H groups in total. The lowest BCUT2D eigenvalue weighted by Gasteiger charge is -2.34. The Morgan fingerprint density at radius 3 is 2.31 bits per heavy atom. The molecule has 0 radical (unpaired) electrons. The van der Waals surface area contributed by atoms with Crippen molar-refractivity contribution in [2.75, 3.05) is 32.8 Å². The van der Waals surface area contributed by atoms with Gasteiger partial charge >= 0.3 is 5.97 Å². The molecule has 3 rings (SSSR count). The Balaban J connectivity index is 0.000000344.